The minimum Gasteiger partial charge on any atom is -0.322 e. The SMILES string of the molecule is O=C(Nc1ccc(-c2ccc3nncn3n2)cc1)c1c(F)cccc1F. The Balaban J connectivity index is 1.57. The third kappa shape index (κ3) is 2.88. The van der Waals surface area contributed by atoms with Gasteiger partial charge in [-0.2, -0.15) is 9.61 Å². The van der Waals surface area contributed by atoms with E-state index in [1.54, 1.807) is 40.9 Å². The van der Waals surface area contributed by atoms with Crippen molar-refractivity contribution in [2.24, 2.45) is 0 Å². The van der Waals surface area contributed by atoms with Crippen LogP contribution in [0.4, 0.5) is 14.5 Å². The summed E-state index contributed by atoms with van der Waals surface area (Å²) in [6.07, 6.45) is 1.50. The maximum atomic E-state index is 13.7. The van der Waals surface area contributed by atoms with Crippen LogP contribution in [0.5, 0.6) is 0 Å². The summed E-state index contributed by atoms with van der Waals surface area (Å²) in [6, 6.07) is 13.6. The molecule has 1 amide bonds. The average Bonchev–Trinajstić information content (AvgIpc) is 3.10. The fourth-order valence-corrected chi connectivity index (χ4v) is 2.52. The highest BCUT2D eigenvalue weighted by molar-refractivity contribution is 6.04. The van der Waals surface area contributed by atoms with Gasteiger partial charge in [0, 0.05) is 11.3 Å². The maximum Gasteiger partial charge on any atom is 0.261 e. The molecule has 0 saturated heterocycles. The van der Waals surface area contributed by atoms with Gasteiger partial charge in [-0.25, -0.2) is 8.78 Å². The molecule has 0 spiro atoms. The quantitative estimate of drug-likeness (QED) is 0.615. The number of carbonyl (C=O) groups is 1. The number of benzene rings is 2. The molecule has 4 rings (SSSR count). The number of hydrogen-bond acceptors (Lipinski definition) is 4. The molecule has 2 aromatic carbocycles. The molecule has 0 aliphatic rings. The number of fused-ring (bicyclic) bond motifs is 1. The number of halogens is 2. The second-order valence-corrected chi connectivity index (χ2v) is 5.48. The van der Waals surface area contributed by atoms with Gasteiger partial charge in [0.2, 0.25) is 0 Å². The molecule has 0 radical (unpaired) electrons. The fraction of sp³-hybridized carbons (Fsp3) is 0. The van der Waals surface area contributed by atoms with E-state index in [2.05, 4.69) is 20.6 Å². The molecule has 0 saturated carbocycles. The van der Waals surface area contributed by atoms with Crippen LogP contribution in [0.3, 0.4) is 0 Å². The fourth-order valence-electron chi connectivity index (χ4n) is 2.52. The summed E-state index contributed by atoms with van der Waals surface area (Å²) < 4.78 is 28.9. The Morgan fingerprint density at radius 1 is 0.962 bits per heavy atom. The first-order valence-corrected chi connectivity index (χ1v) is 7.65. The van der Waals surface area contributed by atoms with Crippen LogP contribution in [0.2, 0.25) is 0 Å². The molecule has 0 aliphatic heterocycles. The molecule has 0 atom stereocenters. The Hall–Kier alpha value is -3.68. The zero-order valence-electron chi connectivity index (χ0n) is 13.2. The zero-order valence-corrected chi connectivity index (χ0v) is 13.2. The lowest BCUT2D eigenvalue weighted by molar-refractivity contribution is 0.101. The lowest BCUT2D eigenvalue weighted by Gasteiger charge is -2.08. The first-order chi connectivity index (χ1) is 12.6. The van der Waals surface area contributed by atoms with Crippen LogP contribution in [-0.4, -0.2) is 25.7 Å². The minimum atomic E-state index is -0.912. The summed E-state index contributed by atoms with van der Waals surface area (Å²) in [4.78, 5) is 12.1. The molecule has 2 heterocycles. The monoisotopic (exact) mass is 351 g/mol. The number of amides is 1. The molecule has 0 aliphatic carbocycles. The number of rotatable bonds is 3. The van der Waals surface area contributed by atoms with E-state index in [4.69, 9.17) is 0 Å². The second-order valence-electron chi connectivity index (χ2n) is 5.48. The Labute approximate surface area is 146 Å². The van der Waals surface area contributed by atoms with Crippen molar-refractivity contribution in [2.45, 2.75) is 0 Å². The molecule has 26 heavy (non-hydrogen) atoms. The van der Waals surface area contributed by atoms with Gasteiger partial charge in [-0.1, -0.05) is 18.2 Å². The van der Waals surface area contributed by atoms with Crippen LogP contribution in [-0.2, 0) is 0 Å². The summed E-state index contributed by atoms with van der Waals surface area (Å²) in [6.45, 7) is 0. The van der Waals surface area contributed by atoms with Crippen molar-refractivity contribution in [1.29, 1.82) is 0 Å². The molecular weight excluding hydrogens is 340 g/mol. The topological polar surface area (TPSA) is 72.2 Å². The van der Waals surface area contributed by atoms with E-state index in [0.717, 1.165) is 17.7 Å². The van der Waals surface area contributed by atoms with Crippen molar-refractivity contribution in [3.05, 3.63) is 78.1 Å². The number of nitrogens with zero attached hydrogens (tertiary/aromatic N) is 4. The molecular formula is C18H11F2N5O. The van der Waals surface area contributed by atoms with Gasteiger partial charge in [-0.15, -0.1) is 10.2 Å². The number of anilines is 1. The van der Waals surface area contributed by atoms with Crippen LogP contribution in [0.25, 0.3) is 16.9 Å². The van der Waals surface area contributed by atoms with E-state index < -0.39 is 23.1 Å². The molecule has 1 N–H and O–H groups in total. The summed E-state index contributed by atoms with van der Waals surface area (Å²) >= 11 is 0. The van der Waals surface area contributed by atoms with Gasteiger partial charge in [0.25, 0.3) is 5.91 Å². The van der Waals surface area contributed by atoms with E-state index in [1.165, 1.54) is 12.4 Å². The maximum absolute atomic E-state index is 13.7. The molecule has 8 heteroatoms. The van der Waals surface area contributed by atoms with Gasteiger partial charge in [-0.3, -0.25) is 4.79 Å². The normalized spacial score (nSPS) is 10.8. The molecule has 0 fully saturated rings. The molecule has 128 valence electrons. The molecule has 2 aromatic heterocycles. The van der Waals surface area contributed by atoms with Crippen molar-refractivity contribution >= 4 is 17.2 Å². The van der Waals surface area contributed by atoms with Crippen molar-refractivity contribution in [3.63, 3.8) is 0 Å². The van der Waals surface area contributed by atoms with Crippen molar-refractivity contribution in [2.75, 3.05) is 5.32 Å². The number of nitrogens with one attached hydrogen (secondary N) is 1. The molecule has 0 unspecified atom stereocenters. The van der Waals surface area contributed by atoms with Crippen LogP contribution in [0, 0.1) is 11.6 Å². The largest absolute Gasteiger partial charge is 0.322 e. The molecule has 4 aromatic rings. The third-order valence-corrected chi connectivity index (χ3v) is 3.79. The van der Waals surface area contributed by atoms with Gasteiger partial charge in [-0.05, 0) is 36.4 Å². The molecule has 0 bridgehead atoms. The molecule has 6 nitrogen and oxygen atoms in total. The van der Waals surface area contributed by atoms with Crippen molar-refractivity contribution in [1.82, 2.24) is 19.8 Å². The smallest absolute Gasteiger partial charge is 0.261 e. The number of hydrogen-bond donors (Lipinski definition) is 1. The summed E-state index contributed by atoms with van der Waals surface area (Å²) in [5.74, 6) is -2.67. The minimum absolute atomic E-state index is 0.409. The highest BCUT2D eigenvalue weighted by Gasteiger charge is 2.17. The van der Waals surface area contributed by atoms with Crippen LogP contribution in [0.15, 0.2) is 60.9 Å². The Bertz CT molecular complexity index is 1090. The Kier molecular flexibility index (Phi) is 3.85. The van der Waals surface area contributed by atoms with E-state index in [0.29, 0.717) is 17.0 Å². The Morgan fingerprint density at radius 2 is 1.69 bits per heavy atom. The number of carbonyl (C=O) groups excluding carboxylic acids is 1. The van der Waals surface area contributed by atoms with Gasteiger partial charge < -0.3 is 5.32 Å². The average molecular weight is 351 g/mol. The predicted octanol–water partition coefficient (Wildman–Crippen LogP) is 3.32. The highest BCUT2D eigenvalue weighted by atomic mass is 19.1. The van der Waals surface area contributed by atoms with Crippen molar-refractivity contribution in [3.8, 4) is 11.3 Å². The van der Waals surface area contributed by atoms with E-state index in [1.807, 2.05) is 0 Å². The Morgan fingerprint density at radius 3 is 2.42 bits per heavy atom. The summed E-state index contributed by atoms with van der Waals surface area (Å²) in [5, 5.41) is 14.5. The predicted molar refractivity (Wildman–Crippen MR) is 90.5 cm³/mol. The second kappa shape index (κ2) is 6.32. The first kappa shape index (κ1) is 15.8. The lowest BCUT2D eigenvalue weighted by atomic mass is 10.1. The number of aromatic nitrogens is 4. The lowest BCUT2D eigenvalue weighted by Crippen LogP contribution is -2.15. The summed E-state index contributed by atoms with van der Waals surface area (Å²) in [7, 11) is 0. The van der Waals surface area contributed by atoms with Crippen LogP contribution >= 0.6 is 0 Å². The van der Waals surface area contributed by atoms with Gasteiger partial charge in [0.15, 0.2) is 5.65 Å². The van der Waals surface area contributed by atoms with Gasteiger partial charge >= 0.3 is 0 Å². The first-order valence-electron chi connectivity index (χ1n) is 7.65. The van der Waals surface area contributed by atoms with Crippen LogP contribution in [0.1, 0.15) is 10.4 Å². The van der Waals surface area contributed by atoms with E-state index in [9.17, 15) is 13.6 Å². The van der Waals surface area contributed by atoms with E-state index >= 15 is 0 Å². The van der Waals surface area contributed by atoms with Gasteiger partial charge in [0.1, 0.15) is 23.5 Å². The highest BCUT2D eigenvalue weighted by Crippen LogP contribution is 2.21. The summed E-state index contributed by atoms with van der Waals surface area (Å²) in [5.41, 5.74) is 1.92. The standard InChI is InChI=1S/C18H11F2N5O/c19-13-2-1-3-14(20)17(13)18(26)22-12-6-4-11(5-7-12)15-8-9-16-23-21-10-25(16)24-15/h1-10H,(H,22,26). The van der Waals surface area contributed by atoms with Gasteiger partial charge in [0.05, 0.1) is 5.69 Å². The zero-order chi connectivity index (χ0) is 18.1. The van der Waals surface area contributed by atoms with Crippen molar-refractivity contribution < 1.29 is 13.6 Å². The van der Waals surface area contributed by atoms with Crippen LogP contribution < -0.4 is 5.32 Å². The third-order valence-electron chi connectivity index (χ3n) is 3.79. The van der Waals surface area contributed by atoms with E-state index in [-0.39, 0.29) is 0 Å².